The number of hydrogen-bond acceptors (Lipinski definition) is 3. The average Bonchev–Trinajstić information content (AvgIpc) is 2.71. The van der Waals surface area contributed by atoms with Crippen molar-refractivity contribution in [2.75, 3.05) is 0 Å². The monoisotopic (exact) mass is 282 g/mol. The fourth-order valence-corrected chi connectivity index (χ4v) is 2.86. The van der Waals surface area contributed by atoms with Crippen molar-refractivity contribution >= 4 is 16.8 Å². The maximum Gasteiger partial charge on any atom is 0.371 e. The van der Waals surface area contributed by atoms with E-state index in [1.165, 1.54) is 24.3 Å². The van der Waals surface area contributed by atoms with Crippen LogP contribution < -0.4 is 0 Å². The van der Waals surface area contributed by atoms with Gasteiger partial charge in [0.05, 0.1) is 21.4 Å². The summed E-state index contributed by atoms with van der Waals surface area (Å²) in [5.74, 6) is -1.55. The van der Waals surface area contributed by atoms with Gasteiger partial charge in [0.25, 0.3) is 0 Å². The zero-order chi connectivity index (χ0) is 14.0. The normalized spacial score (nSPS) is 12.3. The second-order valence-corrected chi connectivity index (χ2v) is 5.34. The molecule has 2 rings (SSSR count). The molecule has 4 nitrogen and oxygen atoms in total. The molecule has 0 aliphatic carbocycles. The number of hydrogen-bond donors (Lipinski definition) is 1. The Kier molecular flexibility index (Phi) is 3.80. The topological polar surface area (TPSA) is 67.5 Å². The highest BCUT2D eigenvalue weighted by Crippen LogP contribution is 2.20. The largest absolute Gasteiger partial charge is 0.475 e. The zero-order valence-electron chi connectivity index (χ0n) is 10.1. The van der Waals surface area contributed by atoms with Crippen LogP contribution in [0.1, 0.15) is 21.9 Å². The summed E-state index contributed by atoms with van der Waals surface area (Å²) >= 11 is 0. The Balaban J connectivity index is 2.24. The van der Waals surface area contributed by atoms with Crippen molar-refractivity contribution in [1.82, 2.24) is 0 Å². The lowest BCUT2D eigenvalue weighted by Gasteiger charge is -2.02. The SMILES string of the molecule is Cc1oc(C(=O)O)cc1CS(=O)c1ccccc1F. The molecule has 100 valence electrons. The van der Waals surface area contributed by atoms with Gasteiger partial charge in [-0.1, -0.05) is 12.1 Å². The van der Waals surface area contributed by atoms with E-state index in [2.05, 4.69) is 0 Å². The van der Waals surface area contributed by atoms with Gasteiger partial charge < -0.3 is 9.52 Å². The van der Waals surface area contributed by atoms with E-state index in [1.807, 2.05) is 0 Å². The van der Waals surface area contributed by atoms with Gasteiger partial charge in [-0.3, -0.25) is 4.21 Å². The van der Waals surface area contributed by atoms with Crippen LogP contribution >= 0.6 is 0 Å². The van der Waals surface area contributed by atoms with Crippen LogP contribution in [-0.2, 0) is 16.6 Å². The molecule has 0 saturated carbocycles. The minimum atomic E-state index is -1.58. The highest BCUT2D eigenvalue weighted by molar-refractivity contribution is 7.84. The molecular formula is C13H11FO4S. The van der Waals surface area contributed by atoms with Crippen LogP contribution in [0.2, 0.25) is 0 Å². The molecule has 0 bridgehead atoms. The van der Waals surface area contributed by atoms with Gasteiger partial charge in [0.15, 0.2) is 0 Å². The van der Waals surface area contributed by atoms with Gasteiger partial charge in [0, 0.05) is 5.56 Å². The third-order valence-electron chi connectivity index (χ3n) is 2.60. The molecule has 0 aliphatic rings. The van der Waals surface area contributed by atoms with Crippen LogP contribution in [0.3, 0.4) is 0 Å². The van der Waals surface area contributed by atoms with Crippen molar-refractivity contribution in [2.45, 2.75) is 17.6 Å². The fraction of sp³-hybridized carbons (Fsp3) is 0.154. The lowest BCUT2D eigenvalue weighted by molar-refractivity contribution is 0.0661. The molecule has 1 aromatic heterocycles. The minimum absolute atomic E-state index is 0.0174. The maximum absolute atomic E-state index is 13.5. The number of benzene rings is 1. The van der Waals surface area contributed by atoms with Crippen molar-refractivity contribution in [3.63, 3.8) is 0 Å². The Hall–Kier alpha value is -1.95. The molecule has 1 aromatic carbocycles. The molecule has 1 unspecified atom stereocenters. The first-order valence-electron chi connectivity index (χ1n) is 5.44. The smallest absolute Gasteiger partial charge is 0.371 e. The molecule has 1 N–H and O–H groups in total. The molecular weight excluding hydrogens is 271 g/mol. The van der Waals surface area contributed by atoms with E-state index in [9.17, 15) is 13.4 Å². The number of carboxylic acids is 1. The van der Waals surface area contributed by atoms with Crippen LogP contribution in [0.15, 0.2) is 39.6 Å². The summed E-state index contributed by atoms with van der Waals surface area (Å²) in [5, 5.41) is 8.79. The number of carbonyl (C=O) groups is 1. The van der Waals surface area contributed by atoms with Crippen LogP contribution in [0.5, 0.6) is 0 Å². The standard InChI is InChI=1S/C13H11FO4S/c1-8-9(6-11(18-8)13(15)16)7-19(17)12-5-3-2-4-10(12)14/h2-6H,7H2,1H3,(H,15,16). The predicted molar refractivity (Wildman–Crippen MR) is 66.9 cm³/mol. The van der Waals surface area contributed by atoms with Gasteiger partial charge in [-0.2, -0.15) is 0 Å². The molecule has 6 heteroatoms. The van der Waals surface area contributed by atoms with Crippen LogP contribution in [0.25, 0.3) is 0 Å². The molecule has 0 amide bonds. The van der Waals surface area contributed by atoms with Crippen LogP contribution in [0.4, 0.5) is 4.39 Å². The first-order valence-corrected chi connectivity index (χ1v) is 6.76. The number of aromatic carboxylic acids is 1. The molecule has 0 aliphatic heterocycles. The van der Waals surface area contributed by atoms with Gasteiger partial charge in [0.2, 0.25) is 5.76 Å². The Labute approximate surface area is 111 Å². The maximum atomic E-state index is 13.5. The number of carboxylic acid groups (broad SMARTS) is 1. The molecule has 1 atom stereocenters. The highest BCUT2D eigenvalue weighted by atomic mass is 32.2. The fourth-order valence-electron chi connectivity index (χ4n) is 1.62. The summed E-state index contributed by atoms with van der Waals surface area (Å²) in [5.41, 5.74) is 0.499. The molecule has 1 heterocycles. The molecule has 0 spiro atoms. The average molecular weight is 282 g/mol. The van der Waals surface area contributed by atoms with Crippen molar-refractivity contribution in [1.29, 1.82) is 0 Å². The Morgan fingerprint density at radius 3 is 2.68 bits per heavy atom. The van der Waals surface area contributed by atoms with Gasteiger partial charge in [-0.05, 0) is 25.1 Å². The number of aryl methyl sites for hydroxylation is 1. The van der Waals surface area contributed by atoms with E-state index in [-0.39, 0.29) is 16.4 Å². The first-order chi connectivity index (χ1) is 8.99. The van der Waals surface area contributed by atoms with E-state index in [4.69, 9.17) is 9.52 Å². The van der Waals surface area contributed by atoms with Crippen LogP contribution in [0, 0.1) is 12.7 Å². The Morgan fingerprint density at radius 1 is 1.42 bits per heavy atom. The van der Waals surface area contributed by atoms with Crippen molar-refractivity contribution < 1.29 is 22.9 Å². The minimum Gasteiger partial charge on any atom is -0.475 e. The lowest BCUT2D eigenvalue weighted by atomic mass is 10.3. The van der Waals surface area contributed by atoms with Crippen molar-refractivity contribution in [3.8, 4) is 0 Å². The summed E-state index contributed by atoms with van der Waals surface area (Å²) < 4.78 is 30.5. The summed E-state index contributed by atoms with van der Waals surface area (Å²) in [6.45, 7) is 1.58. The predicted octanol–water partition coefficient (Wildman–Crippen LogP) is 2.73. The molecule has 0 radical (unpaired) electrons. The molecule has 0 saturated heterocycles. The van der Waals surface area contributed by atoms with Crippen molar-refractivity contribution in [3.05, 3.63) is 53.2 Å². The molecule has 19 heavy (non-hydrogen) atoms. The first kappa shape index (κ1) is 13.5. The second-order valence-electron chi connectivity index (χ2n) is 3.92. The van der Waals surface area contributed by atoms with E-state index >= 15 is 0 Å². The van der Waals surface area contributed by atoms with E-state index < -0.39 is 22.6 Å². The summed E-state index contributed by atoms with van der Waals surface area (Å²) in [6.07, 6.45) is 0. The Morgan fingerprint density at radius 2 is 2.11 bits per heavy atom. The molecule has 2 aromatic rings. The van der Waals surface area contributed by atoms with Gasteiger partial charge >= 0.3 is 5.97 Å². The summed E-state index contributed by atoms with van der Waals surface area (Å²) in [4.78, 5) is 10.8. The van der Waals surface area contributed by atoms with Gasteiger partial charge in [-0.25, -0.2) is 9.18 Å². The summed E-state index contributed by atoms with van der Waals surface area (Å²) in [6, 6.07) is 7.11. The summed E-state index contributed by atoms with van der Waals surface area (Å²) in [7, 11) is -1.58. The number of furan rings is 1. The third-order valence-corrected chi connectivity index (χ3v) is 3.99. The van der Waals surface area contributed by atoms with Gasteiger partial charge in [-0.15, -0.1) is 0 Å². The van der Waals surface area contributed by atoms with E-state index in [0.29, 0.717) is 11.3 Å². The number of rotatable bonds is 4. The molecule has 0 fully saturated rings. The van der Waals surface area contributed by atoms with Crippen LogP contribution in [-0.4, -0.2) is 15.3 Å². The highest BCUT2D eigenvalue weighted by Gasteiger charge is 2.17. The van der Waals surface area contributed by atoms with E-state index in [1.54, 1.807) is 13.0 Å². The Bertz CT molecular complexity index is 648. The second kappa shape index (κ2) is 5.36. The third kappa shape index (κ3) is 2.90. The van der Waals surface area contributed by atoms with Crippen molar-refractivity contribution in [2.24, 2.45) is 0 Å². The van der Waals surface area contributed by atoms with Gasteiger partial charge in [0.1, 0.15) is 11.6 Å². The van der Waals surface area contributed by atoms with E-state index in [0.717, 1.165) is 0 Å². The quantitative estimate of drug-likeness (QED) is 0.936. The zero-order valence-corrected chi connectivity index (χ0v) is 10.9. The number of halogens is 1. The lowest BCUT2D eigenvalue weighted by Crippen LogP contribution is -1.99.